The van der Waals surface area contributed by atoms with Gasteiger partial charge in [0.25, 0.3) is 0 Å². The van der Waals surface area contributed by atoms with Crippen LogP contribution in [0, 0.1) is 0 Å². The highest BCUT2D eigenvalue weighted by molar-refractivity contribution is 5.69. The smallest absolute Gasteiger partial charge is 0.305 e. The minimum absolute atomic E-state index is 0.0915. The zero-order valence-corrected chi connectivity index (χ0v) is 10.8. The van der Waals surface area contributed by atoms with Gasteiger partial charge >= 0.3 is 5.97 Å². The van der Waals surface area contributed by atoms with Crippen LogP contribution in [-0.4, -0.2) is 31.3 Å². The number of rotatable bonds is 8. The van der Waals surface area contributed by atoms with Crippen LogP contribution in [0.15, 0.2) is 0 Å². The first kappa shape index (κ1) is 14.5. The first-order chi connectivity index (χ1) is 8.24. The maximum Gasteiger partial charge on any atom is 0.305 e. The summed E-state index contributed by atoms with van der Waals surface area (Å²) in [4.78, 5) is 11.1. The minimum atomic E-state index is -0.0915. The molecule has 1 saturated carbocycles. The summed E-state index contributed by atoms with van der Waals surface area (Å²) in [6, 6.07) is 0.231. The Labute approximate surface area is 104 Å². The number of hydrogen-bond donors (Lipinski definition) is 1. The Hall–Kier alpha value is -0.610. The predicted molar refractivity (Wildman–Crippen MR) is 66.7 cm³/mol. The summed E-state index contributed by atoms with van der Waals surface area (Å²) in [7, 11) is 0. The van der Waals surface area contributed by atoms with Gasteiger partial charge in [-0.05, 0) is 39.0 Å². The molecule has 0 amide bonds. The first-order valence-electron chi connectivity index (χ1n) is 6.77. The zero-order chi connectivity index (χ0) is 12.5. The summed E-state index contributed by atoms with van der Waals surface area (Å²) in [5.41, 5.74) is 5.91. The van der Waals surface area contributed by atoms with E-state index in [1.54, 1.807) is 0 Å². The predicted octanol–water partition coefficient (Wildman–Crippen LogP) is 2.01. The van der Waals surface area contributed by atoms with E-state index in [1.807, 2.05) is 6.92 Å². The molecule has 0 radical (unpaired) electrons. The van der Waals surface area contributed by atoms with Crippen LogP contribution in [-0.2, 0) is 14.3 Å². The van der Waals surface area contributed by atoms with Crippen LogP contribution < -0.4 is 5.73 Å². The van der Waals surface area contributed by atoms with Crippen molar-refractivity contribution in [2.75, 3.05) is 13.2 Å². The van der Waals surface area contributed by atoms with E-state index in [0.717, 1.165) is 38.7 Å². The molecule has 4 nitrogen and oxygen atoms in total. The average Bonchev–Trinajstić information content (AvgIpc) is 2.70. The average molecular weight is 243 g/mol. The van der Waals surface area contributed by atoms with Gasteiger partial charge in [-0.15, -0.1) is 0 Å². The second kappa shape index (κ2) is 8.48. The molecule has 0 aromatic heterocycles. The third-order valence-electron chi connectivity index (χ3n) is 3.17. The standard InChI is InChI=1S/C13H25NO3/c1-2-16-13(15)9-4-3-5-10-17-12-8-6-7-11(12)14/h11-12H,2-10,14H2,1H3. The fourth-order valence-electron chi connectivity index (χ4n) is 2.18. The molecule has 0 saturated heterocycles. The lowest BCUT2D eigenvalue weighted by molar-refractivity contribution is -0.143. The highest BCUT2D eigenvalue weighted by Crippen LogP contribution is 2.20. The molecule has 0 aliphatic heterocycles. The van der Waals surface area contributed by atoms with Crippen molar-refractivity contribution >= 4 is 5.97 Å². The molecule has 0 aromatic carbocycles. The summed E-state index contributed by atoms with van der Waals surface area (Å²) in [5, 5.41) is 0. The van der Waals surface area contributed by atoms with E-state index in [-0.39, 0.29) is 18.1 Å². The number of ether oxygens (including phenoxy) is 2. The van der Waals surface area contributed by atoms with E-state index >= 15 is 0 Å². The molecule has 0 spiro atoms. The van der Waals surface area contributed by atoms with Crippen molar-refractivity contribution in [3.63, 3.8) is 0 Å². The second-order valence-electron chi connectivity index (χ2n) is 4.62. The van der Waals surface area contributed by atoms with Crippen LogP contribution in [0.4, 0.5) is 0 Å². The maximum atomic E-state index is 11.1. The number of esters is 1. The Morgan fingerprint density at radius 1 is 1.29 bits per heavy atom. The first-order valence-corrected chi connectivity index (χ1v) is 6.77. The number of carbonyl (C=O) groups excluding carboxylic acids is 1. The molecule has 100 valence electrons. The fourth-order valence-corrected chi connectivity index (χ4v) is 2.18. The Balaban J connectivity index is 1.89. The molecule has 1 aliphatic carbocycles. The Morgan fingerprint density at radius 3 is 2.76 bits per heavy atom. The minimum Gasteiger partial charge on any atom is -0.466 e. The van der Waals surface area contributed by atoms with Crippen LogP contribution in [0.3, 0.4) is 0 Å². The van der Waals surface area contributed by atoms with Crippen LogP contribution in [0.2, 0.25) is 0 Å². The van der Waals surface area contributed by atoms with Crippen molar-refractivity contribution in [3.8, 4) is 0 Å². The highest BCUT2D eigenvalue weighted by Gasteiger charge is 2.23. The molecule has 17 heavy (non-hydrogen) atoms. The van der Waals surface area contributed by atoms with E-state index in [9.17, 15) is 4.79 Å². The van der Waals surface area contributed by atoms with Crippen LogP contribution in [0.25, 0.3) is 0 Å². The van der Waals surface area contributed by atoms with E-state index in [1.165, 1.54) is 6.42 Å². The van der Waals surface area contributed by atoms with Gasteiger partial charge in [-0.25, -0.2) is 0 Å². The zero-order valence-electron chi connectivity index (χ0n) is 10.8. The van der Waals surface area contributed by atoms with Crippen molar-refractivity contribution in [2.45, 2.75) is 64.0 Å². The summed E-state index contributed by atoms with van der Waals surface area (Å²) >= 11 is 0. The lowest BCUT2D eigenvalue weighted by Crippen LogP contribution is -2.31. The van der Waals surface area contributed by atoms with Gasteiger partial charge < -0.3 is 15.2 Å². The molecular weight excluding hydrogens is 218 g/mol. The van der Waals surface area contributed by atoms with Crippen molar-refractivity contribution in [1.82, 2.24) is 0 Å². The summed E-state index contributed by atoms with van der Waals surface area (Å²) in [5.74, 6) is -0.0915. The van der Waals surface area contributed by atoms with Gasteiger partial charge in [-0.3, -0.25) is 4.79 Å². The van der Waals surface area contributed by atoms with E-state index < -0.39 is 0 Å². The van der Waals surface area contributed by atoms with E-state index in [4.69, 9.17) is 15.2 Å². The van der Waals surface area contributed by atoms with Gasteiger partial charge in [0.15, 0.2) is 0 Å². The van der Waals surface area contributed by atoms with Gasteiger partial charge in [0.05, 0.1) is 12.7 Å². The normalized spacial score (nSPS) is 23.9. The molecule has 0 heterocycles. The SMILES string of the molecule is CCOC(=O)CCCCCOC1CCCC1N. The molecule has 0 aromatic rings. The Kier molecular flexibility index (Phi) is 7.21. The monoisotopic (exact) mass is 243 g/mol. The summed E-state index contributed by atoms with van der Waals surface area (Å²) < 4.78 is 10.6. The third-order valence-corrected chi connectivity index (χ3v) is 3.17. The molecule has 1 rings (SSSR count). The molecule has 4 heteroatoms. The number of hydrogen-bond acceptors (Lipinski definition) is 4. The number of nitrogens with two attached hydrogens (primary N) is 1. The van der Waals surface area contributed by atoms with Crippen LogP contribution in [0.1, 0.15) is 51.9 Å². The van der Waals surface area contributed by atoms with Gasteiger partial charge in [0.1, 0.15) is 0 Å². The quantitative estimate of drug-likeness (QED) is 0.523. The molecule has 2 atom stereocenters. The molecule has 1 aliphatic rings. The largest absolute Gasteiger partial charge is 0.466 e. The summed E-state index contributed by atoms with van der Waals surface area (Å²) in [6.07, 6.45) is 7.07. The number of unbranched alkanes of at least 4 members (excludes halogenated alkanes) is 2. The van der Waals surface area contributed by atoms with Crippen molar-refractivity contribution < 1.29 is 14.3 Å². The van der Waals surface area contributed by atoms with E-state index in [0.29, 0.717) is 13.0 Å². The molecule has 1 fully saturated rings. The maximum absolute atomic E-state index is 11.1. The van der Waals surface area contributed by atoms with E-state index in [2.05, 4.69) is 0 Å². The van der Waals surface area contributed by atoms with Gasteiger partial charge in [-0.1, -0.05) is 6.42 Å². The second-order valence-corrected chi connectivity index (χ2v) is 4.62. The number of carbonyl (C=O) groups is 1. The van der Waals surface area contributed by atoms with Gasteiger partial charge in [-0.2, -0.15) is 0 Å². The molecule has 0 bridgehead atoms. The van der Waals surface area contributed by atoms with Gasteiger partial charge in [0, 0.05) is 19.1 Å². The van der Waals surface area contributed by atoms with Crippen molar-refractivity contribution in [3.05, 3.63) is 0 Å². The lowest BCUT2D eigenvalue weighted by Gasteiger charge is -2.16. The third kappa shape index (κ3) is 6.03. The van der Waals surface area contributed by atoms with Crippen LogP contribution >= 0.6 is 0 Å². The molecular formula is C13H25NO3. The molecule has 2 unspecified atom stereocenters. The fraction of sp³-hybridized carbons (Fsp3) is 0.923. The molecule has 2 N–H and O–H groups in total. The Bertz CT molecular complexity index is 221. The Morgan fingerprint density at radius 2 is 2.12 bits per heavy atom. The lowest BCUT2D eigenvalue weighted by atomic mass is 10.2. The summed E-state index contributed by atoms with van der Waals surface area (Å²) in [6.45, 7) is 3.07. The topological polar surface area (TPSA) is 61.5 Å². The highest BCUT2D eigenvalue weighted by atomic mass is 16.5. The van der Waals surface area contributed by atoms with Crippen LogP contribution in [0.5, 0.6) is 0 Å². The van der Waals surface area contributed by atoms with Gasteiger partial charge in [0.2, 0.25) is 0 Å². The van der Waals surface area contributed by atoms with Crippen molar-refractivity contribution in [2.24, 2.45) is 5.73 Å². The van der Waals surface area contributed by atoms with Crippen molar-refractivity contribution in [1.29, 1.82) is 0 Å².